The second-order valence-corrected chi connectivity index (χ2v) is 3.76. The standard InChI is InChI=1S/C10H14O2/c11-9-4-2-6-10(12)5-1-3-8(9)7-10/h1,3,7,9,11-12H,2,4-6H2. The van der Waals surface area contributed by atoms with Gasteiger partial charge >= 0.3 is 0 Å². The Morgan fingerprint density at radius 2 is 2.33 bits per heavy atom. The monoisotopic (exact) mass is 166 g/mol. The molecule has 2 rings (SSSR count). The van der Waals surface area contributed by atoms with Crippen LogP contribution in [-0.2, 0) is 0 Å². The zero-order chi connectivity index (χ0) is 8.60. The van der Waals surface area contributed by atoms with Crippen molar-refractivity contribution >= 4 is 0 Å². The topological polar surface area (TPSA) is 40.5 Å². The van der Waals surface area contributed by atoms with Crippen LogP contribution < -0.4 is 0 Å². The molecule has 0 aromatic carbocycles. The minimum atomic E-state index is -0.665. The fourth-order valence-corrected chi connectivity index (χ4v) is 1.97. The predicted octanol–water partition coefficient (Wildman–Crippen LogP) is 1.15. The van der Waals surface area contributed by atoms with Gasteiger partial charge in [-0.2, -0.15) is 0 Å². The van der Waals surface area contributed by atoms with Crippen molar-refractivity contribution in [2.45, 2.75) is 37.4 Å². The predicted molar refractivity (Wildman–Crippen MR) is 46.6 cm³/mol. The maximum absolute atomic E-state index is 9.96. The molecule has 0 amide bonds. The molecule has 0 heterocycles. The van der Waals surface area contributed by atoms with Crippen LogP contribution in [0.5, 0.6) is 0 Å². The minimum Gasteiger partial charge on any atom is -0.388 e. The maximum atomic E-state index is 9.96. The molecule has 2 nitrogen and oxygen atoms in total. The smallest absolute Gasteiger partial charge is 0.0868 e. The Kier molecular flexibility index (Phi) is 1.81. The van der Waals surface area contributed by atoms with E-state index in [0.29, 0.717) is 6.42 Å². The lowest BCUT2D eigenvalue weighted by Crippen LogP contribution is -2.26. The third-order valence-electron chi connectivity index (χ3n) is 2.69. The largest absolute Gasteiger partial charge is 0.388 e. The molecule has 12 heavy (non-hydrogen) atoms. The van der Waals surface area contributed by atoms with Gasteiger partial charge in [0.1, 0.15) is 0 Å². The number of aliphatic hydroxyl groups is 2. The van der Waals surface area contributed by atoms with E-state index in [9.17, 15) is 10.2 Å². The van der Waals surface area contributed by atoms with Crippen molar-refractivity contribution in [3.8, 4) is 0 Å². The Morgan fingerprint density at radius 3 is 3.17 bits per heavy atom. The van der Waals surface area contributed by atoms with E-state index in [1.54, 1.807) is 0 Å². The van der Waals surface area contributed by atoms with E-state index in [1.807, 2.05) is 18.2 Å². The maximum Gasteiger partial charge on any atom is 0.0868 e. The van der Waals surface area contributed by atoms with Crippen molar-refractivity contribution in [3.63, 3.8) is 0 Å². The summed E-state index contributed by atoms with van der Waals surface area (Å²) in [6.45, 7) is 0. The average Bonchev–Trinajstić information content (AvgIpc) is 2.11. The molecule has 2 bridgehead atoms. The van der Waals surface area contributed by atoms with Gasteiger partial charge in [-0.05, 0) is 37.3 Å². The summed E-state index contributed by atoms with van der Waals surface area (Å²) in [4.78, 5) is 0. The molecule has 2 aliphatic rings. The first-order chi connectivity index (χ1) is 5.70. The summed E-state index contributed by atoms with van der Waals surface area (Å²) >= 11 is 0. The van der Waals surface area contributed by atoms with Crippen molar-refractivity contribution in [1.82, 2.24) is 0 Å². The number of hydrogen-bond acceptors (Lipinski definition) is 2. The lowest BCUT2D eigenvalue weighted by atomic mass is 9.89. The molecule has 0 aromatic heterocycles. The molecule has 2 N–H and O–H groups in total. The molecule has 0 fully saturated rings. The second-order valence-electron chi connectivity index (χ2n) is 3.76. The Bertz CT molecular complexity index is 242. The van der Waals surface area contributed by atoms with Gasteiger partial charge in [-0.25, -0.2) is 0 Å². The number of rotatable bonds is 0. The molecule has 0 saturated carbocycles. The van der Waals surface area contributed by atoms with Crippen molar-refractivity contribution in [2.75, 3.05) is 0 Å². The SMILES string of the molecule is OC1CCCC2(O)C=C1C=CC2. The van der Waals surface area contributed by atoms with Crippen LogP contribution in [0.2, 0.25) is 0 Å². The highest BCUT2D eigenvalue weighted by Gasteiger charge is 2.29. The molecule has 2 atom stereocenters. The van der Waals surface area contributed by atoms with Crippen LogP contribution in [0.3, 0.4) is 0 Å². The Labute approximate surface area is 72.2 Å². The van der Waals surface area contributed by atoms with Crippen molar-refractivity contribution in [1.29, 1.82) is 0 Å². The van der Waals surface area contributed by atoms with Gasteiger partial charge in [0, 0.05) is 0 Å². The van der Waals surface area contributed by atoms with E-state index in [2.05, 4.69) is 0 Å². The first-order valence-corrected chi connectivity index (χ1v) is 4.49. The number of fused-ring (bicyclic) bond motifs is 1. The molecule has 66 valence electrons. The molecular weight excluding hydrogens is 152 g/mol. The first-order valence-electron chi connectivity index (χ1n) is 4.49. The van der Waals surface area contributed by atoms with Crippen molar-refractivity contribution in [3.05, 3.63) is 23.8 Å². The molecule has 0 aromatic rings. The normalized spacial score (nSPS) is 40.5. The van der Waals surface area contributed by atoms with Crippen LogP contribution in [0.25, 0.3) is 0 Å². The summed E-state index contributed by atoms with van der Waals surface area (Å²) in [6, 6.07) is 0. The van der Waals surface area contributed by atoms with Gasteiger partial charge in [0.15, 0.2) is 0 Å². The van der Waals surface area contributed by atoms with Crippen LogP contribution in [0.4, 0.5) is 0 Å². The summed E-state index contributed by atoms with van der Waals surface area (Å²) in [5.74, 6) is 0. The first kappa shape index (κ1) is 8.02. The summed E-state index contributed by atoms with van der Waals surface area (Å²) in [5.41, 5.74) is 0.225. The molecule has 2 heteroatoms. The molecule has 0 aliphatic heterocycles. The quantitative estimate of drug-likeness (QED) is 0.566. The van der Waals surface area contributed by atoms with Gasteiger partial charge in [-0.1, -0.05) is 12.2 Å². The van der Waals surface area contributed by atoms with E-state index >= 15 is 0 Å². The fourth-order valence-electron chi connectivity index (χ4n) is 1.97. The van der Waals surface area contributed by atoms with Crippen LogP contribution in [0.1, 0.15) is 25.7 Å². The summed E-state index contributed by atoms with van der Waals surface area (Å²) in [6.07, 6.45) is 8.48. The third-order valence-corrected chi connectivity index (χ3v) is 2.69. The van der Waals surface area contributed by atoms with Gasteiger partial charge in [-0.3, -0.25) is 0 Å². The van der Waals surface area contributed by atoms with Crippen molar-refractivity contribution in [2.24, 2.45) is 0 Å². The second kappa shape index (κ2) is 2.71. The van der Waals surface area contributed by atoms with E-state index in [1.165, 1.54) is 0 Å². The van der Waals surface area contributed by atoms with Gasteiger partial charge in [0.05, 0.1) is 11.7 Å². The van der Waals surface area contributed by atoms with Crippen molar-refractivity contribution < 1.29 is 10.2 Å². The molecule has 0 spiro atoms. The summed E-state index contributed by atoms with van der Waals surface area (Å²) < 4.78 is 0. The van der Waals surface area contributed by atoms with Gasteiger partial charge in [-0.15, -0.1) is 0 Å². The molecule has 2 unspecified atom stereocenters. The van der Waals surface area contributed by atoms with Gasteiger partial charge in [0.25, 0.3) is 0 Å². The van der Waals surface area contributed by atoms with Crippen LogP contribution in [0, 0.1) is 0 Å². The number of aliphatic hydroxyl groups excluding tert-OH is 1. The molecular formula is C10H14O2. The van der Waals surface area contributed by atoms with Crippen LogP contribution >= 0.6 is 0 Å². The lowest BCUT2D eigenvalue weighted by Gasteiger charge is -2.24. The minimum absolute atomic E-state index is 0.365. The Morgan fingerprint density at radius 1 is 1.50 bits per heavy atom. The van der Waals surface area contributed by atoms with E-state index in [0.717, 1.165) is 24.8 Å². The van der Waals surface area contributed by atoms with Crippen LogP contribution in [-0.4, -0.2) is 21.9 Å². The molecule has 0 radical (unpaired) electrons. The van der Waals surface area contributed by atoms with Crippen LogP contribution in [0.15, 0.2) is 23.8 Å². The highest BCUT2D eigenvalue weighted by atomic mass is 16.3. The number of hydrogen-bond donors (Lipinski definition) is 2. The summed E-state index contributed by atoms with van der Waals surface area (Å²) in [7, 11) is 0. The highest BCUT2D eigenvalue weighted by molar-refractivity contribution is 5.32. The zero-order valence-electron chi connectivity index (χ0n) is 7.03. The molecule has 0 saturated heterocycles. The Hall–Kier alpha value is -0.600. The Balaban J connectivity index is 2.31. The van der Waals surface area contributed by atoms with Gasteiger partial charge < -0.3 is 10.2 Å². The zero-order valence-corrected chi connectivity index (χ0v) is 7.03. The fraction of sp³-hybridized carbons (Fsp3) is 0.600. The van der Waals surface area contributed by atoms with E-state index < -0.39 is 5.60 Å². The average molecular weight is 166 g/mol. The lowest BCUT2D eigenvalue weighted by molar-refractivity contribution is 0.0822. The summed E-state index contributed by atoms with van der Waals surface area (Å²) in [5, 5.41) is 19.5. The highest BCUT2D eigenvalue weighted by Crippen LogP contribution is 2.32. The van der Waals surface area contributed by atoms with Gasteiger partial charge in [0.2, 0.25) is 0 Å². The van der Waals surface area contributed by atoms with E-state index in [-0.39, 0.29) is 6.10 Å². The molecule has 2 aliphatic carbocycles. The third kappa shape index (κ3) is 1.32. The van der Waals surface area contributed by atoms with E-state index in [4.69, 9.17) is 0 Å².